The Morgan fingerprint density at radius 3 is 1.66 bits per heavy atom. The predicted molar refractivity (Wildman–Crippen MR) is 283 cm³/mol. The highest BCUT2D eigenvalue weighted by Crippen LogP contribution is 2.64. The molecule has 328 valence electrons. The lowest BCUT2D eigenvalue weighted by atomic mass is 9.72. The summed E-state index contributed by atoms with van der Waals surface area (Å²) in [5, 5.41) is 4.76. The highest BCUT2D eigenvalue weighted by Gasteiger charge is 2.49. The zero-order valence-electron chi connectivity index (χ0n) is 39.9. The van der Waals surface area contributed by atoms with Gasteiger partial charge in [-0.25, -0.2) is 0 Å². The van der Waals surface area contributed by atoms with Crippen LogP contribution in [0.15, 0.2) is 173 Å². The highest BCUT2D eigenvalue weighted by atomic mass is 16.3. The van der Waals surface area contributed by atoms with Crippen LogP contribution in [0, 0.1) is 13.8 Å². The van der Waals surface area contributed by atoms with Crippen LogP contribution in [0.3, 0.4) is 0 Å². The van der Waals surface area contributed by atoms with Gasteiger partial charge >= 0.3 is 0 Å². The molecule has 11 aromatic rings. The lowest BCUT2D eigenvalue weighted by molar-refractivity contribution is 0.600. The lowest BCUT2D eigenvalue weighted by Gasteiger charge is -2.32. The summed E-state index contributed by atoms with van der Waals surface area (Å²) in [7, 11) is 0. The molecular weight excluding hydrogens is 827 g/mol. The third kappa shape index (κ3) is 4.98. The Morgan fingerprint density at radius 1 is 0.397 bits per heavy atom. The second-order valence-electron chi connectivity index (χ2n) is 21.3. The minimum Gasteiger partial charge on any atom is -0.455 e. The summed E-state index contributed by atoms with van der Waals surface area (Å²) in [5.74, 6) is 0. The van der Waals surface area contributed by atoms with E-state index in [1.807, 2.05) is 0 Å². The van der Waals surface area contributed by atoms with Crippen LogP contribution in [0.1, 0.15) is 86.1 Å². The molecule has 0 radical (unpaired) electrons. The Balaban J connectivity index is 0.987. The van der Waals surface area contributed by atoms with Crippen molar-refractivity contribution in [2.45, 2.75) is 71.6 Å². The number of benzene rings is 9. The first-order valence-electron chi connectivity index (χ1n) is 24.2. The molecule has 0 aliphatic heterocycles. The summed E-state index contributed by atoms with van der Waals surface area (Å²) in [6, 6.07) is 60.7. The molecule has 3 nitrogen and oxygen atoms in total. The Morgan fingerprint density at radius 2 is 0.956 bits per heavy atom. The molecule has 3 aliphatic carbocycles. The first kappa shape index (κ1) is 39.5. The average Bonchev–Trinajstić information content (AvgIpc) is 4.09. The largest absolute Gasteiger partial charge is 0.455 e. The van der Waals surface area contributed by atoms with E-state index >= 15 is 0 Å². The van der Waals surface area contributed by atoms with Crippen molar-refractivity contribution in [1.29, 1.82) is 0 Å². The summed E-state index contributed by atoms with van der Waals surface area (Å²) in [5.41, 5.74) is 27.0. The SMILES string of the molecule is Cc1cccc(-c2cc3c(c4c2oc2ccccc24)-c2ccc(N(c4ccc5c(c4)C(C)(C)c4c6c(c7c(oc8ccccc87)c4-5)-c4ccccc4C6(C)C)c4ccccc4C)cc2C3(C)C)c1. The van der Waals surface area contributed by atoms with Crippen LogP contribution < -0.4 is 4.90 Å². The van der Waals surface area contributed by atoms with Crippen LogP contribution in [0.2, 0.25) is 0 Å². The molecule has 3 heteroatoms. The first-order chi connectivity index (χ1) is 32.8. The molecular formula is C65H51NO2. The van der Waals surface area contributed by atoms with Gasteiger partial charge in [-0.2, -0.15) is 0 Å². The summed E-state index contributed by atoms with van der Waals surface area (Å²) in [6.07, 6.45) is 0. The van der Waals surface area contributed by atoms with E-state index in [9.17, 15) is 0 Å². The molecule has 0 unspecified atom stereocenters. The number of fused-ring (bicyclic) bond motifs is 19. The molecule has 14 rings (SSSR count). The maximum atomic E-state index is 7.04. The Hall–Kier alpha value is -7.62. The Kier molecular flexibility index (Phi) is 7.73. The number of furan rings is 2. The number of aryl methyl sites for hydroxylation is 2. The molecule has 2 heterocycles. The quantitative estimate of drug-likeness (QED) is 0.176. The minimum absolute atomic E-state index is 0.207. The third-order valence-corrected chi connectivity index (χ3v) is 16.4. The van der Waals surface area contributed by atoms with Crippen molar-refractivity contribution in [2.75, 3.05) is 4.90 Å². The molecule has 0 N–H and O–H groups in total. The van der Waals surface area contributed by atoms with Crippen molar-refractivity contribution in [3.63, 3.8) is 0 Å². The molecule has 0 atom stereocenters. The van der Waals surface area contributed by atoms with E-state index < -0.39 is 0 Å². The van der Waals surface area contributed by atoms with Crippen molar-refractivity contribution < 1.29 is 8.83 Å². The fraction of sp³-hybridized carbons (Fsp3) is 0.169. The smallest absolute Gasteiger partial charge is 0.144 e. The van der Waals surface area contributed by atoms with E-state index in [0.717, 1.165) is 50.3 Å². The predicted octanol–water partition coefficient (Wildman–Crippen LogP) is 18.2. The number of anilines is 3. The standard InChI is InChI=1S/C65H51NO2/c1-36-18-17-20-38(32-36)46-35-50-54(56-44-22-11-15-26-52(44)67-61(46)56)42-30-28-39(33-48(42)63(50,3)4)66(51-25-14-9-19-37(51)2)40-29-31-43-49(34-40)65(7,8)60-58(43)62-57(45-23-12-16-27-53(45)68-62)55-41-21-10-13-24-47(41)64(5,6)59(55)60/h9-35H,1-8H3. The average molecular weight is 878 g/mol. The summed E-state index contributed by atoms with van der Waals surface area (Å²) in [4.78, 5) is 2.50. The zero-order chi connectivity index (χ0) is 46.2. The van der Waals surface area contributed by atoms with Gasteiger partial charge in [0.25, 0.3) is 0 Å². The van der Waals surface area contributed by atoms with E-state index in [1.54, 1.807) is 0 Å². The van der Waals surface area contributed by atoms with E-state index in [-0.39, 0.29) is 16.2 Å². The normalized spacial score (nSPS) is 15.4. The van der Waals surface area contributed by atoms with Crippen LogP contribution in [-0.4, -0.2) is 0 Å². The Bertz CT molecular complexity index is 4040. The maximum Gasteiger partial charge on any atom is 0.144 e. The fourth-order valence-electron chi connectivity index (χ4n) is 13.1. The summed E-state index contributed by atoms with van der Waals surface area (Å²) >= 11 is 0. The van der Waals surface area contributed by atoms with E-state index in [1.165, 1.54) is 99.6 Å². The lowest BCUT2D eigenvalue weighted by Crippen LogP contribution is -2.24. The molecule has 3 aliphatic rings. The molecule has 0 fully saturated rings. The van der Waals surface area contributed by atoms with Gasteiger partial charge in [0.2, 0.25) is 0 Å². The fourth-order valence-corrected chi connectivity index (χ4v) is 13.1. The van der Waals surface area contributed by atoms with E-state index in [0.29, 0.717) is 0 Å². The first-order valence-corrected chi connectivity index (χ1v) is 24.2. The van der Waals surface area contributed by atoms with Crippen LogP contribution in [0.5, 0.6) is 0 Å². The number of nitrogens with zero attached hydrogens (tertiary/aromatic N) is 1. The molecule has 0 saturated carbocycles. The molecule has 9 aromatic carbocycles. The number of hydrogen-bond donors (Lipinski definition) is 0. The van der Waals surface area contributed by atoms with Gasteiger partial charge in [0, 0.05) is 66.0 Å². The molecule has 68 heavy (non-hydrogen) atoms. The molecule has 0 bridgehead atoms. The topological polar surface area (TPSA) is 29.5 Å². The molecule has 0 amide bonds. The van der Waals surface area contributed by atoms with E-state index in [2.05, 4.69) is 224 Å². The minimum atomic E-state index is -0.329. The van der Waals surface area contributed by atoms with Crippen molar-refractivity contribution in [1.82, 2.24) is 0 Å². The van der Waals surface area contributed by atoms with Gasteiger partial charge in [0.1, 0.15) is 22.3 Å². The monoisotopic (exact) mass is 877 g/mol. The van der Waals surface area contributed by atoms with Gasteiger partial charge in [-0.1, -0.05) is 162 Å². The van der Waals surface area contributed by atoms with Gasteiger partial charge in [0.05, 0.1) is 0 Å². The van der Waals surface area contributed by atoms with Crippen molar-refractivity contribution >= 4 is 60.9 Å². The van der Waals surface area contributed by atoms with Gasteiger partial charge in [-0.15, -0.1) is 0 Å². The van der Waals surface area contributed by atoms with Crippen molar-refractivity contribution in [2.24, 2.45) is 0 Å². The van der Waals surface area contributed by atoms with Gasteiger partial charge < -0.3 is 13.7 Å². The van der Waals surface area contributed by atoms with Gasteiger partial charge in [-0.3, -0.25) is 0 Å². The van der Waals surface area contributed by atoms with Crippen LogP contribution >= 0.6 is 0 Å². The summed E-state index contributed by atoms with van der Waals surface area (Å²) < 4.78 is 13.9. The van der Waals surface area contributed by atoms with Crippen LogP contribution in [0.4, 0.5) is 17.1 Å². The number of rotatable bonds is 4. The van der Waals surface area contributed by atoms with Crippen LogP contribution in [0.25, 0.3) is 88.4 Å². The maximum absolute atomic E-state index is 7.04. The number of para-hydroxylation sites is 3. The third-order valence-electron chi connectivity index (χ3n) is 16.4. The molecule has 0 saturated heterocycles. The van der Waals surface area contributed by atoms with E-state index in [4.69, 9.17) is 8.83 Å². The van der Waals surface area contributed by atoms with Crippen molar-refractivity contribution in [3.8, 4) is 44.5 Å². The highest BCUT2D eigenvalue weighted by molar-refractivity contribution is 6.21. The zero-order valence-corrected chi connectivity index (χ0v) is 39.9. The Labute approximate surface area is 397 Å². The van der Waals surface area contributed by atoms with Crippen molar-refractivity contribution in [3.05, 3.63) is 208 Å². The van der Waals surface area contributed by atoms with Gasteiger partial charge in [-0.05, 0) is 135 Å². The van der Waals surface area contributed by atoms with Crippen LogP contribution in [-0.2, 0) is 16.2 Å². The summed E-state index contributed by atoms with van der Waals surface area (Å²) in [6.45, 7) is 18.9. The second-order valence-corrected chi connectivity index (χ2v) is 21.3. The molecule has 2 aromatic heterocycles. The number of hydrogen-bond acceptors (Lipinski definition) is 3. The molecule has 0 spiro atoms. The second kappa shape index (κ2) is 13.3. The van der Waals surface area contributed by atoms with Gasteiger partial charge in [0.15, 0.2) is 0 Å².